The van der Waals surface area contributed by atoms with E-state index in [1.807, 2.05) is 30.4 Å². The Bertz CT molecular complexity index is 969. The van der Waals surface area contributed by atoms with E-state index < -0.39 is 0 Å². The molecule has 0 saturated heterocycles. The van der Waals surface area contributed by atoms with Crippen molar-refractivity contribution in [2.24, 2.45) is 0 Å². The molecule has 4 rings (SSSR count). The van der Waals surface area contributed by atoms with Crippen molar-refractivity contribution in [3.05, 3.63) is 56.7 Å². The van der Waals surface area contributed by atoms with Crippen LogP contribution >= 0.6 is 11.3 Å². The van der Waals surface area contributed by atoms with Crippen LogP contribution in [0.2, 0.25) is 0 Å². The fourth-order valence-corrected chi connectivity index (χ4v) is 4.85. The second kappa shape index (κ2) is 7.77. The molecule has 1 aliphatic carbocycles. The zero-order valence-corrected chi connectivity index (χ0v) is 16.8. The number of aryl methyl sites for hydroxylation is 5. The number of fused-ring (bicyclic) bond motifs is 2. The van der Waals surface area contributed by atoms with Gasteiger partial charge in [0.2, 0.25) is 0 Å². The standard InChI is InChI=1S/C22H25N3OS/c1-14-9-10-16-13-17(15(2)24-19(16)12-14)22(26)23-11-5-8-21-25-18-6-3-4-7-20(18)27-21/h9-10,12-13H,3-8,11H2,1-2H3,(H,23,26). The summed E-state index contributed by atoms with van der Waals surface area (Å²) in [6.45, 7) is 4.61. The van der Waals surface area contributed by atoms with Gasteiger partial charge in [-0.3, -0.25) is 9.78 Å². The van der Waals surface area contributed by atoms with Gasteiger partial charge in [-0.2, -0.15) is 0 Å². The molecule has 4 nitrogen and oxygen atoms in total. The Morgan fingerprint density at radius 3 is 2.85 bits per heavy atom. The molecule has 1 amide bonds. The van der Waals surface area contributed by atoms with E-state index in [0.29, 0.717) is 12.1 Å². The lowest BCUT2D eigenvalue weighted by molar-refractivity contribution is 0.0952. The summed E-state index contributed by atoms with van der Waals surface area (Å²) in [6.07, 6.45) is 6.74. The Hall–Kier alpha value is -2.27. The van der Waals surface area contributed by atoms with Crippen LogP contribution in [0.25, 0.3) is 10.9 Å². The minimum Gasteiger partial charge on any atom is -0.352 e. The van der Waals surface area contributed by atoms with E-state index in [1.165, 1.54) is 40.4 Å². The maximum absolute atomic E-state index is 12.6. The number of hydrogen-bond acceptors (Lipinski definition) is 4. The van der Waals surface area contributed by atoms with Crippen molar-refractivity contribution in [2.45, 2.75) is 52.4 Å². The summed E-state index contributed by atoms with van der Waals surface area (Å²) >= 11 is 1.86. The highest BCUT2D eigenvalue weighted by atomic mass is 32.1. The quantitative estimate of drug-likeness (QED) is 0.662. The third-order valence-corrected chi connectivity index (χ3v) is 6.37. The fraction of sp³-hybridized carbons (Fsp3) is 0.409. The van der Waals surface area contributed by atoms with E-state index in [4.69, 9.17) is 4.98 Å². The number of nitrogens with zero attached hydrogens (tertiary/aromatic N) is 2. The van der Waals surface area contributed by atoms with Gasteiger partial charge in [0.1, 0.15) is 0 Å². The molecule has 5 heteroatoms. The predicted molar refractivity (Wildman–Crippen MR) is 111 cm³/mol. The zero-order valence-electron chi connectivity index (χ0n) is 16.0. The molecule has 0 spiro atoms. The van der Waals surface area contributed by atoms with Crippen LogP contribution in [-0.4, -0.2) is 22.4 Å². The number of amides is 1. The monoisotopic (exact) mass is 379 g/mol. The van der Waals surface area contributed by atoms with Gasteiger partial charge in [-0.05, 0) is 63.6 Å². The normalized spacial score (nSPS) is 13.6. The van der Waals surface area contributed by atoms with Crippen molar-refractivity contribution < 1.29 is 4.79 Å². The maximum Gasteiger partial charge on any atom is 0.253 e. The molecule has 0 fully saturated rings. The first-order valence-electron chi connectivity index (χ1n) is 9.74. The minimum absolute atomic E-state index is 0.0408. The van der Waals surface area contributed by atoms with Gasteiger partial charge in [-0.1, -0.05) is 12.1 Å². The van der Waals surface area contributed by atoms with Crippen molar-refractivity contribution in [3.63, 3.8) is 0 Å². The van der Waals surface area contributed by atoms with E-state index in [2.05, 4.69) is 29.4 Å². The molecule has 1 aliphatic rings. The van der Waals surface area contributed by atoms with Crippen LogP contribution in [0, 0.1) is 13.8 Å². The van der Waals surface area contributed by atoms with Crippen LogP contribution in [-0.2, 0) is 19.3 Å². The molecule has 0 bridgehead atoms. The third-order valence-electron chi connectivity index (χ3n) is 5.15. The average molecular weight is 380 g/mol. The lowest BCUT2D eigenvalue weighted by atomic mass is 10.0. The van der Waals surface area contributed by atoms with Gasteiger partial charge in [0.15, 0.2) is 0 Å². The summed E-state index contributed by atoms with van der Waals surface area (Å²) in [5, 5.41) is 5.27. The number of pyridine rings is 1. The van der Waals surface area contributed by atoms with E-state index in [1.54, 1.807) is 0 Å². The van der Waals surface area contributed by atoms with Gasteiger partial charge in [0.05, 0.1) is 27.5 Å². The van der Waals surface area contributed by atoms with Crippen LogP contribution in [0.15, 0.2) is 24.3 Å². The lowest BCUT2D eigenvalue weighted by Gasteiger charge is -2.09. The average Bonchev–Trinajstić information content (AvgIpc) is 3.07. The summed E-state index contributed by atoms with van der Waals surface area (Å²) in [6, 6.07) is 8.08. The molecule has 0 atom stereocenters. The summed E-state index contributed by atoms with van der Waals surface area (Å²) in [4.78, 5) is 23.4. The highest BCUT2D eigenvalue weighted by Crippen LogP contribution is 2.27. The van der Waals surface area contributed by atoms with Crippen molar-refractivity contribution in [3.8, 4) is 0 Å². The molecule has 0 unspecified atom stereocenters. The third kappa shape index (κ3) is 4.03. The SMILES string of the molecule is Cc1ccc2cc(C(=O)NCCCc3nc4c(s3)CCCC4)c(C)nc2c1. The first-order chi connectivity index (χ1) is 13.1. The van der Waals surface area contributed by atoms with Gasteiger partial charge >= 0.3 is 0 Å². The molecule has 0 radical (unpaired) electrons. The number of nitrogens with one attached hydrogen (secondary N) is 1. The molecule has 0 aliphatic heterocycles. The van der Waals surface area contributed by atoms with Crippen LogP contribution in [0.5, 0.6) is 0 Å². The molecule has 1 aromatic carbocycles. The number of thiazole rings is 1. The number of aromatic nitrogens is 2. The molecule has 2 heterocycles. The second-order valence-electron chi connectivity index (χ2n) is 7.36. The van der Waals surface area contributed by atoms with Gasteiger partial charge in [0, 0.05) is 23.2 Å². The molecule has 3 aromatic rings. The van der Waals surface area contributed by atoms with Crippen LogP contribution < -0.4 is 5.32 Å². The predicted octanol–water partition coefficient (Wildman–Crippen LogP) is 4.55. The van der Waals surface area contributed by atoms with Crippen molar-refractivity contribution >= 4 is 28.1 Å². The molecule has 27 heavy (non-hydrogen) atoms. The number of rotatable bonds is 5. The van der Waals surface area contributed by atoms with Crippen LogP contribution in [0.4, 0.5) is 0 Å². The number of hydrogen-bond donors (Lipinski definition) is 1. The maximum atomic E-state index is 12.6. The second-order valence-corrected chi connectivity index (χ2v) is 8.53. The van der Waals surface area contributed by atoms with E-state index in [-0.39, 0.29) is 5.91 Å². The first-order valence-corrected chi connectivity index (χ1v) is 10.6. The first kappa shape index (κ1) is 18.1. The van der Waals surface area contributed by atoms with Gasteiger partial charge < -0.3 is 5.32 Å². The van der Waals surface area contributed by atoms with E-state index in [9.17, 15) is 4.79 Å². The lowest BCUT2D eigenvalue weighted by Crippen LogP contribution is -2.25. The van der Waals surface area contributed by atoms with Gasteiger partial charge in [-0.25, -0.2) is 4.98 Å². The number of carbonyl (C=O) groups is 1. The van der Waals surface area contributed by atoms with Crippen molar-refractivity contribution in [2.75, 3.05) is 6.54 Å². The summed E-state index contributed by atoms with van der Waals surface area (Å²) < 4.78 is 0. The van der Waals surface area contributed by atoms with Crippen molar-refractivity contribution in [1.29, 1.82) is 0 Å². The topological polar surface area (TPSA) is 54.9 Å². The fourth-order valence-electron chi connectivity index (χ4n) is 3.65. The largest absolute Gasteiger partial charge is 0.352 e. The van der Waals surface area contributed by atoms with Crippen molar-refractivity contribution in [1.82, 2.24) is 15.3 Å². The van der Waals surface area contributed by atoms with Crippen LogP contribution in [0.3, 0.4) is 0 Å². The van der Waals surface area contributed by atoms with Gasteiger partial charge in [-0.15, -0.1) is 11.3 Å². The Balaban J connectivity index is 1.35. The Kier molecular flexibility index (Phi) is 5.21. The number of carbonyl (C=O) groups excluding carboxylic acids is 1. The summed E-state index contributed by atoms with van der Waals surface area (Å²) in [5.74, 6) is -0.0408. The Morgan fingerprint density at radius 1 is 1.15 bits per heavy atom. The van der Waals surface area contributed by atoms with Crippen LogP contribution in [0.1, 0.15) is 56.5 Å². The highest BCUT2D eigenvalue weighted by molar-refractivity contribution is 7.11. The van der Waals surface area contributed by atoms with Gasteiger partial charge in [0.25, 0.3) is 5.91 Å². The number of benzene rings is 1. The highest BCUT2D eigenvalue weighted by Gasteiger charge is 2.15. The smallest absolute Gasteiger partial charge is 0.253 e. The summed E-state index contributed by atoms with van der Waals surface area (Å²) in [7, 11) is 0. The molecule has 2 aromatic heterocycles. The zero-order chi connectivity index (χ0) is 18.8. The minimum atomic E-state index is -0.0408. The molecule has 140 valence electrons. The van der Waals surface area contributed by atoms with E-state index >= 15 is 0 Å². The summed E-state index contributed by atoms with van der Waals surface area (Å²) in [5.41, 5.74) is 4.87. The molecular formula is C22H25N3OS. The Morgan fingerprint density at radius 2 is 2.00 bits per heavy atom. The van der Waals surface area contributed by atoms with E-state index in [0.717, 1.165) is 35.9 Å². The molecule has 0 saturated carbocycles. The molecular weight excluding hydrogens is 354 g/mol. The molecule has 1 N–H and O–H groups in total. The Labute approximate surface area is 164 Å².